The molecule has 0 saturated heterocycles. The monoisotopic (exact) mass is 209 g/mol. The van der Waals surface area contributed by atoms with Crippen LogP contribution in [0.1, 0.15) is 11.1 Å². The molecule has 1 aromatic rings. The van der Waals surface area contributed by atoms with Crippen molar-refractivity contribution in [3.8, 4) is 0 Å². The van der Waals surface area contributed by atoms with Crippen molar-refractivity contribution in [2.75, 3.05) is 28.3 Å². The van der Waals surface area contributed by atoms with Gasteiger partial charge in [-0.1, -0.05) is 29.8 Å². The Morgan fingerprint density at radius 1 is 1.00 bits per heavy atom. The first-order valence-corrected chi connectivity index (χ1v) is 4.91. The van der Waals surface area contributed by atoms with Crippen LogP contribution in [0.5, 0.6) is 0 Å². The smallest absolute Gasteiger partial charge is 0.257 e. The van der Waals surface area contributed by atoms with E-state index in [1.165, 1.54) is 5.56 Å². The maximum atomic E-state index is 5.48. The summed E-state index contributed by atoms with van der Waals surface area (Å²) in [4.78, 5) is 1.90. The van der Waals surface area contributed by atoms with Gasteiger partial charge in [0.25, 0.3) is 5.91 Å². The van der Waals surface area contributed by atoms with Crippen LogP contribution >= 0.6 is 0 Å². The Hall–Kier alpha value is -0.900. The molecule has 84 valence electrons. The predicted octanol–water partition coefficient (Wildman–Crippen LogP) is 1.96. The van der Waals surface area contributed by atoms with Gasteiger partial charge < -0.3 is 9.47 Å². The van der Waals surface area contributed by atoms with Crippen molar-refractivity contribution >= 4 is 0 Å². The topological polar surface area (TPSA) is 21.7 Å². The van der Waals surface area contributed by atoms with Crippen LogP contribution in [-0.4, -0.2) is 33.2 Å². The number of hydrogen-bond donors (Lipinski definition) is 0. The summed E-state index contributed by atoms with van der Waals surface area (Å²) in [7, 11) is 7.13. The van der Waals surface area contributed by atoms with E-state index in [1.54, 1.807) is 14.2 Å². The van der Waals surface area contributed by atoms with Gasteiger partial charge in [-0.2, -0.15) is 0 Å². The van der Waals surface area contributed by atoms with Crippen LogP contribution in [0.25, 0.3) is 0 Å². The second-order valence-electron chi connectivity index (χ2n) is 3.75. The minimum atomic E-state index is -0.798. The highest BCUT2D eigenvalue weighted by molar-refractivity contribution is 5.24. The van der Waals surface area contributed by atoms with E-state index in [2.05, 4.69) is 6.92 Å². The first-order chi connectivity index (χ1) is 7.06. The fraction of sp³-hybridized carbons (Fsp3) is 0.500. The van der Waals surface area contributed by atoms with E-state index in [1.807, 2.05) is 43.3 Å². The number of rotatable bonds is 4. The molecule has 0 saturated carbocycles. The van der Waals surface area contributed by atoms with Crippen molar-refractivity contribution in [3.63, 3.8) is 0 Å². The van der Waals surface area contributed by atoms with Crippen molar-refractivity contribution < 1.29 is 9.47 Å². The SMILES string of the molecule is COC(OC)(c1ccc(C)cc1)N(C)C. The lowest BCUT2D eigenvalue weighted by molar-refractivity contribution is -0.294. The number of nitrogens with zero attached hydrogens (tertiary/aromatic N) is 1. The molecule has 0 aliphatic carbocycles. The Morgan fingerprint density at radius 3 is 1.80 bits per heavy atom. The summed E-state index contributed by atoms with van der Waals surface area (Å²) in [6, 6.07) is 8.13. The van der Waals surface area contributed by atoms with Gasteiger partial charge in [0, 0.05) is 19.8 Å². The molecular weight excluding hydrogens is 190 g/mol. The van der Waals surface area contributed by atoms with Gasteiger partial charge in [0.05, 0.1) is 0 Å². The average molecular weight is 209 g/mol. The fourth-order valence-corrected chi connectivity index (χ4v) is 1.71. The highest BCUT2D eigenvalue weighted by atomic mass is 16.7. The van der Waals surface area contributed by atoms with Crippen LogP contribution in [-0.2, 0) is 15.4 Å². The molecule has 0 aliphatic heterocycles. The lowest BCUT2D eigenvalue weighted by atomic mass is 10.1. The second-order valence-corrected chi connectivity index (χ2v) is 3.75. The molecule has 0 heterocycles. The summed E-state index contributed by atoms with van der Waals surface area (Å²) in [5.41, 5.74) is 2.21. The molecule has 0 atom stereocenters. The van der Waals surface area contributed by atoms with Crippen molar-refractivity contribution in [2.45, 2.75) is 12.8 Å². The number of aryl methyl sites for hydroxylation is 1. The molecule has 3 nitrogen and oxygen atoms in total. The number of hydrogen-bond acceptors (Lipinski definition) is 3. The minimum Gasteiger partial charge on any atom is -0.337 e. The molecule has 0 aliphatic rings. The second kappa shape index (κ2) is 4.75. The molecule has 0 N–H and O–H groups in total. The Kier molecular flexibility index (Phi) is 3.85. The summed E-state index contributed by atoms with van der Waals surface area (Å²) >= 11 is 0. The zero-order valence-corrected chi connectivity index (χ0v) is 10.1. The molecule has 0 amide bonds. The van der Waals surface area contributed by atoms with E-state index in [0.29, 0.717) is 0 Å². The van der Waals surface area contributed by atoms with Crippen LogP contribution in [0, 0.1) is 6.92 Å². The third-order valence-corrected chi connectivity index (χ3v) is 2.56. The maximum absolute atomic E-state index is 5.48. The normalized spacial score (nSPS) is 12.1. The summed E-state index contributed by atoms with van der Waals surface area (Å²) in [6.07, 6.45) is 0. The lowest BCUT2D eigenvalue weighted by Crippen LogP contribution is -2.44. The lowest BCUT2D eigenvalue weighted by Gasteiger charge is -2.36. The first kappa shape index (κ1) is 12.2. The zero-order chi connectivity index (χ0) is 11.5. The Labute approximate surface area is 91.6 Å². The van der Waals surface area contributed by atoms with Gasteiger partial charge >= 0.3 is 0 Å². The molecule has 0 spiro atoms. The van der Waals surface area contributed by atoms with Gasteiger partial charge in [0.1, 0.15) is 0 Å². The van der Waals surface area contributed by atoms with Crippen molar-refractivity contribution in [2.24, 2.45) is 0 Å². The summed E-state index contributed by atoms with van der Waals surface area (Å²) in [5, 5.41) is 0. The molecule has 1 aromatic carbocycles. The van der Waals surface area contributed by atoms with Crippen molar-refractivity contribution in [3.05, 3.63) is 35.4 Å². The van der Waals surface area contributed by atoms with E-state index in [9.17, 15) is 0 Å². The van der Waals surface area contributed by atoms with Gasteiger partial charge in [0.15, 0.2) is 0 Å². The van der Waals surface area contributed by atoms with Crippen molar-refractivity contribution in [1.82, 2.24) is 4.90 Å². The van der Waals surface area contributed by atoms with Crippen LogP contribution in [0.2, 0.25) is 0 Å². The van der Waals surface area contributed by atoms with E-state index >= 15 is 0 Å². The maximum Gasteiger partial charge on any atom is 0.257 e. The van der Waals surface area contributed by atoms with Gasteiger partial charge in [-0.3, -0.25) is 4.90 Å². The molecular formula is C12H19NO2. The largest absolute Gasteiger partial charge is 0.337 e. The number of methoxy groups -OCH3 is 2. The molecule has 0 bridgehead atoms. The van der Waals surface area contributed by atoms with E-state index in [-0.39, 0.29) is 0 Å². The molecule has 3 heteroatoms. The summed E-state index contributed by atoms with van der Waals surface area (Å²) < 4.78 is 11.0. The van der Waals surface area contributed by atoms with Crippen LogP contribution in [0.4, 0.5) is 0 Å². The molecule has 15 heavy (non-hydrogen) atoms. The van der Waals surface area contributed by atoms with Crippen LogP contribution in [0.3, 0.4) is 0 Å². The molecule has 0 unspecified atom stereocenters. The first-order valence-electron chi connectivity index (χ1n) is 4.91. The van der Waals surface area contributed by atoms with Crippen LogP contribution < -0.4 is 0 Å². The van der Waals surface area contributed by atoms with Crippen LogP contribution in [0.15, 0.2) is 24.3 Å². The quantitative estimate of drug-likeness (QED) is 0.708. The Balaban J connectivity index is 3.14. The Bertz CT molecular complexity index is 302. The highest BCUT2D eigenvalue weighted by Gasteiger charge is 2.34. The van der Waals surface area contributed by atoms with E-state index in [4.69, 9.17) is 9.47 Å². The van der Waals surface area contributed by atoms with Gasteiger partial charge in [-0.25, -0.2) is 0 Å². The van der Waals surface area contributed by atoms with Gasteiger partial charge in [-0.05, 0) is 21.0 Å². The number of ether oxygens (including phenoxy) is 2. The third-order valence-electron chi connectivity index (χ3n) is 2.56. The summed E-state index contributed by atoms with van der Waals surface area (Å²) in [6.45, 7) is 2.06. The third kappa shape index (κ3) is 2.20. The van der Waals surface area contributed by atoms with Crippen molar-refractivity contribution in [1.29, 1.82) is 0 Å². The molecule has 0 radical (unpaired) electrons. The predicted molar refractivity (Wildman–Crippen MR) is 60.6 cm³/mol. The Morgan fingerprint density at radius 2 is 1.47 bits per heavy atom. The molecule has 0 aromatic heterocycles. The zero-order valence-electron chi connectivity index (χ0n) is 10.1. The van der Waals surface area contributed by atoms with Gasteiger partial charge in [0.2, 0.25) is 0 Å². The summed E-state index contributed by atoms with van der Waals surface area (Å²) in [5.74, 6) is -0.798. The van der Waals surface area contributed by atoms with Gasteiger partial charge in [-0.15, -0.1) is 0 Å². The molecule has 1 rings (SSSR count). The van der Waals surface area contributed by atoms with E-state index in [0.717, 1.165) is 5.56 Å². The van der Waals surface area contributed by atoms with E-state index < -0.39 is 5.91 Å². The highest BCUT2D eigenvalue weighted by Crippen LogP contribution is 2.28. The minimum absolute atomic E-state index is 0.798. The molecule has 0 fully saturated rings. The standard InChI is InChI=1S/C12H19NO2/c1-10-6-8-11(9-7-10)12(14-4,15-5)13(2)3/h6-9H,1-5H3. The number of benzene rings is 1. The fourth-order valence-electron chi connectivity index (χ4n) is 1.71. The average Bonchev–Trinajstić information content (AvgIpc) is 2.22.